The Hall–Kier alpha value is -2.48. The van der Waals surface area contributed by atoms with Crippen LogP contribution in [0.25, 0.3) is 0 Å². The molecule has 1 N–H and O–H groups in total. The highest BCUT2D eigenvalue weighted by Gasteiger charge is 2.18. The average molecular weight is 260 g/mol. The first-order valence-electron chi connectivity index (χ1n) is 5.99. The molecule has 0 fully saturated rings. The third-order valence-corrected chi connectivity index (χ3v) is 2.14. The van der Waals surface area contributed by atoms with Crippen molar-refractivity contribution >= 4 is 11.7 Å². The van der Waals surface area contributed by atoms with Gasteiger partial charge in [0, 0.05) is 5.69 Å². The number of hydrogen-bond donors (Lipinski definition) is 1. The highest BCUT2D eigenvalue weighted by Crippen LogP contribution is 2.14. The van der Waals surface area contributed by atoms with Gasteiger partial charge in [0.25, 0.3) is 0 Å². The fourth-order valence-electron chi connectivity index (χ4n) is 1.36. The molecule has 0 unspecified atom stereocenters. The van der Waals surface area contributed by atoms with Crippen molar-refractivity contribution in [2.75, 3.05) is 18.5 Å². The van der Waals surface area contributed by atoms with Crippen LogP contribution in [0.15, 0.2) is 41.8 Å². The van der Waals surface area contributed by atoms with Crippen molar-refractivity contribution in [3.8, 4) is 6.07 Å². The molecule has 0 atom stereocenters. The molecule has 5 nitrogen and oxygen atoms in total. The van der Waals surface area contributed by atoms with Gasteiger partial charge in [-0.2, -0.15) is 5.26 Å². The molecule has 0 saturated heterocycles. The first-order chi connectivity index (χ1) is 9.22. The van der Waals surface area contributed by atoms with Crippen LogP contribution in [0.4, 0.5) is 5.69 Å². The van der Waals surface area contributed by atoms with Crippen LogP contribution in [0.3, 0.4) is 0 Å². The molecule has 0 radical (unpaired) electrons. The number of anilines is 1. The molecule has 0 saturated carbocycles. The highest BCUT2D eigenvalue weighted by atomic mass is 16.5. The Morgan fingerprint density at radius 1 is 1.21 bits per heavy atom. The molecule has 100 valence electrons. The smallest absolute Gasteiger partial charge is 0.354 e. The van der Waals surface area contributed by atoms with Crippen LogP contribution in [0.5, 0.6) is 0 Å². The van der Waals surface area contributed by atoms with Crippen LogP contribution >= 0.6 is 0 Å². The van der Waals surface area contributed by atoms with E-state index in [1.807, 2.05) is 24.3 Å². The van der Waals surface area contributed by atoms with Crippen molar-refractivity contribution in [3.05, 3.63) is 41.8 Å². The summed E-state index contributed by atoms with van der Waals surface area (Å²) < 4.78 is 10.1. The third kappa shape index (κ3) is 4.36. The Bertz CT molecular complexity index is 489. The van der Waals surface area contributed by atoms with Crippen molar-refractivity contribution in [1.29, 1.82) is 5.26 Å². The van der Waals surface area contributed by atoms with E-state index in [-0.39, 0.29) is 18.1 Å². The number of hydrogen-bond acceptors (Lipinski definition) is 5. The number of carbonyl (C=O) groups excluding carboxylic acids is 1. The average Bonchev–Trinajstić information content (AvgIpc) is 2.41. The van der Waals surface area contributed by atoms with Gasteiger partial charge < -0.3 is 14.8 Å². The van der Waals surface area contributed by atoms with Crippen LogP contribution in [-0.4, -0.2) is 19.2 Å². The first-order valence-corrected chi connectivity index (χ1v) is 5.99. The van der Waals surface area contributed by atoms with Crippen molar-refractivity contribution in [2.24, 2.45) is 0 Å². The van der Waals surface area contributed by atoms with Gasteiger partial charge in [-0.25, -0.2) is 4.79 Å². The van der Waals surface area contributed by atoms with Crippen LogP contribution in [-0.2, 0) is 14.3 Å². The predicted molar refractivity (Wildman–Crippen MR) is 71.0 cm³/mol. The highest BCUT2D eigenvalue weighted by molar-refractivity contribution is 5.93. The Labute approximate surface area is 112 Å². The van der Waals surface area contributed by atoms with E-state index >= 15 is 0 Å². The summed E-state index contributed by atoms with van der Waals surface area (Å²) >= 11 is 0. The van der Waals surface area contributed by atoms with Gasteiger partial charge in [-0.3, -0.25) is 0 Å². The zero-order valence-corrected chi connectivity index (χ0v) is 11.0. The zero-order chi connectivity index (χ0) is 14.1. The van der Waals surface area contributed by atoms with E-state index in [9.17, 15) is 4.79 Å². The SMILES string of the molecule is CCOC(=O)/C(C#N)=C(\Nc1ccccc1)OCC. The van der Waals surface area contributed by atoms with Crippen molar-refractivity contribution in [3.63, 3.8) is 0 Å². The van der Waals surface area contributed by atoms with Crippen molar-refractivity contribution in [2.45, 2.75) is 13.8 Å². The lowest BCUT2D eigenvalue weighted by Gasteiger charge is -2.13. The molecule has 0 aliphatic carbocycles. The molecule has 5 heteroatoms. The molecule has 1 aromatic carbocycles. The van der Waals surface area contributed by atoms with E-state index in [1.165, 1.54) is 0 Å². The predicted octanol–water partition coefficient (Wildman–Crippen LogP) is 2.43. The number of rotatable bonds is 6. The zero-order valence-electron chi connectivity index (χ0n) is 11.0. The maximum atomic E-state index is 11.7. The number of benzene rings is 1. The number of esters is 1. The summed E-state index contributed by atoms with van der Waals surface area (Å²) in [5, 5.41) is 12.0. The maximum absolute atomic E-state index is 11.7. The molecule has 0 spiro atoms. The monoisotopic (exact) mass is 260 g/mol. The molecule has 0 bridgehead atoms. The molecular weight excluding hydrogens is 244 g/mol. The number of nitrogens with zero attached hydrogens (tertiary/aromatic N) is 1. The molecule has 19 heavy (non-hydrogen) atoms. The number of carbonyl (C=O) groups is 1. The summed E-state index contributed by atoms with van der Waals surface area (Å²) in [5.74, 6) is -0.591. The molecule has 0 aliphatic heterocycles. The van der Waals surface area contributed by atoms with Gasteiger partial charge in [-0.15, -0.1) is 0 Å². The number of nitriles is 1. The second-order valence-electron chi connectivity index (χ2n) is 3.46. The summed E-state index contributed by atoms with van der Waals surface area (Å²) in [7, 11) is 0. The third-order valence-electron chi connectivity index (χ3n) is 2.14. The minimum atomic E-state index is -0.697. The first kappa shape index (κ1) is 14.6. The van der Waals surface area contributed by atoms with E-state index in [0.29, 0.717) is 6.61 Å². The fourth-order valence-corrected chi connectivity index (χ4v) is 1.36. The van der Waals surface area contributed by atoms with Gasteiger partial charge in [0.2, 0.25) is 5.88 Å². The summed E-state index contributed by atoms with van der Waals surface area (Å²) in [5.41, 5.74) is 0.551. The van der Waals surface area contributed by atoms with E-state index in [2.05, 4.69) is 5.32 Å². The molecule has 0 aromatic heterocycles. The second kappa shape index (κ2) is 7.77. The lowest BCUT2D eigenvalue weighted by Crippen LogP contribution is -2.15. The number of nitrogens with one attached hydrogen (secondary N) is 1. The topological polar surface area (TPSA) is 71.4 Å². The Kier molecular flexibility index (Phi) is 5.96. The van der Waals surface area contributed by atoms with E-state index in [4.69, 9.17) is 14.7 Å². The standard InChI is InChI=1S/C14H16N2O3/c1-3-18-13(12(10-15)14(17)19-4-2)16-11-8-6-5-7-9-11/h5-9,16H,3-4H2,1-2H3/b13-12+. The van der Waals surface area contributed by atoms with E-state index in [0.717, 1.165) is 5.69 Å². The van der Waals surface area contributed by atoms with E-state index < -0.39 is 5.97 Å². The van der Waals surface area contributed by atoms with Crippen LogP contribution < -0.4 is 5.32 Å². The number of para-hydroxylation sites is 1. The Balaban J connectivity index is 3.02. The quantitative estimate of drug-likeness (QED) is 0.368. The van der Waals surface area contributed by atoms with Crippen LogP contribution in [0.2, 0.25) is 0 Å². The second-order valence-corrected chi connectivity index (χ2v) is 3.46. The lowest BCUT2D eigenvalue weighted by molar-refractivity contribution is -0.138. The summed E-state index contributed by atoms with van der Waals surface area (Å²) in [6, 6.07) is 11.0. The van der Waals surface area contributed by atoms with Crippen molar-refractivity contribution < 1.29 is 14.3 Å². The normalized spacial score (nSPS) is 11.0. The van der Waals surface area contributed by atoms with Gasteiger partial charge in [0.05, 0.1) is 13.2 Å². The molecule has 1 aromatic rings. The van der Waals surface area contributed by atoms with Crippen molar-refractivity contribution in [1.82, 2.24) is 0 Å². The molecule has 0 aliphatic rings. The Morgan fingerprint density at radius 2 is 1.84 bits per heavy atom. The van der Waals surface area contributed by atoms with E-state index in [1.54, 1.807) is 26.0 Å². The van der Waals surface area contributed by atoms with Gasteiger partial charge in [0.15, 0.2) is 5.57 Å². The molecular formula is C14H16N2O3. The fraction of sp³-hybridized carbons (Fsp3) is 0.286. The van der Waals surface area contributed by atoms with Gasteiger partial charge in [-0.05, 0) is 26.0 Å². The van der Waals surface area contributed by atoms with Gasteiger partial charge >= 0.3 is 5.97 Å². The molecule has 0 amide bonds. The largest absolute Gasteiger partial charge is 0.478 e. The number of ether oxygens (including phenoxy) is 2. The molecule has 0 heterocycles. The lowest BCUT2D eigenvalue weighted by atomic mass is 10.3. The van der Waals surface area contributed by atoms with Gasteiger partial charge in [-0.1, -0.05) is 18.2 Å². The van der Waals surface area contributed by atoms with Crippen LogP contribution in [0.1, 0.15) is 13.8 Å². The summed E-state index contributed by atoms with van der Waals surface area (Å²) in [4.78, 5) is 11.7. The van der Waals surface area contributed by atoms with Gasteiger partial charge in [0.1, 0.15) is 6.07 Å². The summed E-state index contributed by atoms with van der Waals surface area (Å²) in [6.45, 7) is 3.99. The Morgan fingerprint density at radius 3 is 2.37 bits per heavy atom. The maximum Gasteiger partial charge on any atom is 0.354 e. The minimum Gasteiger partial charge on any atom is -0.478 e. The minimum absolute atomic E-state index is 0.106. The molecule has 1 rings (SSSR count). The summed E-state index contributed by atoms with van der Waals surface area (Å²) in [6.07, 6.45) is 0. The van der Waals surface area contributed by atoms with Crippen LogP contribution in [0, 0.1) is 11.3 Å².